The number of carboxylic acids is 1. The average molecular weight is 313 g/mol. The predicted octanol–water partition coefficient (Wildman–Crippen LogP) is 2.57. The molecule has 0 fully saturated rings. The number of aromatic nitrogens is 1. The Bertz CT molecular complexity index is 752. The molecule has 0 aliphatic heterocycles. The lowest BCUT2D eigenvalue weighted by molar-refractivity contribution is -0.274. The minimum atomic E-state index is -4.93. The zero-order valence-electron chi connectivity index (χ0n) is 11.0. The smallest absolute Gasteiger partial charge is 0.481 e. The number of hydrogen-bond donors (Lipinski definition) is 2. The van der Waals surface area contributed by atoms with E-state index >= 15 is 0 Å². The van der Waals surface area contributed by atoms with Gasteiger partial charge in [0, 0.05) is 11.8 Å². The molecule has 1 heterocycles. The Kier molecular flexibility index (Phi) is 4.20. The lowest BCUT2D eigenvalue weighted by Gasteiger charge is -2.14. The van der Waals surface area contributed by atoms with E-state index in [9.17, 15) is 22.8 Å². The average Bonchev–Trinajstić information content (AvgIpc) is 2.38. The summed E-state index contributed by atoms with van der Waals surface area (Å²) in [6, 6.07) is 6.39. The minimum Gasteiger partial charge on any atom is -0.481 e. The van der Waals surface area contributed by atoms with Crippen LogP contribution in [0.15, 0.2) is 41.3 Å². The van der Waals surface area contributed by atoms with Gasteiger partial charge in [0.1, 0.15) is 5.75 Å². The molecule has 22 heavy (non-hydrogen) atoms. The standard InChI is InChI=1S/C14H10F3NO4/c15-14(16,17)22-10-4-2-1-3-9(10)12-8(7-11(19)20)5-6-18-13(12)21/h1-6H,7H2,(H,18,21)(H,19,20). The van der Waals surface area contributed by atoms with Gasteiger partial charge in [-0.15, -0.1) is 13.2 Å². The van der Waals surface area contributed by atoms with Crippen molar-refractivity contribution in [1.82, 2.24) is 4.98 Å². The van der Waals surface area contributed by atoms with Gasteiger partial charge < -0.3 is 14.8 Å². The van der Waals surface area contributed by atoms with Gasteiger partial charge in [-0.2, -0.15) is 0 Å². The number of rotatable bonds is 4. The van der Waals surface area contributed by atoms with Gasteiger partial charge in [-0.05, 0) is 17.7 Å². The van der Waals surface area contributed by atoms with Gasteiger partial charge in [-0.25, -0.2) is 0 Å². The van der Waals surface area contributed by atoms with Crippen molar-refractivity contribution in [2.24, 2.45) is 0 Å². The van der Waals surface area contributed by atoms with E-state index in [1.54, 1.807) is 0 Å². The van der Waals surface area contributed by atoms with Crippen LogP contribution in [0, 0.1) is 0 Å². The van der Waals surface area contributed by atoms with Gasteiger partial charge in [-0.3, -0.25) is 9.59 Å². The van der Waals surface area contributed by atoms with Crippen LogP contribution in [0.25, 0.3) is 11.1 Å². The molecule has 5 nitrogen and oxygen atoms in total. The van der Waals surface area contributed by atoms with Crippen LogP contribution in [0.4, 0.5) is 13.2 Å². The maximum Gasteiger partial charge on any atom is 0.573 e. The molecule has 1 aromatic carbocycles. The quantitative estimate of drug-likeness (QED) is 0.909. The summed E-state index contributed by atoms with van der Waals surface area (Å²) >= 11 is 0. The summed E-state index contributed by atoms with van der Waals surface area (Å²) in [5.74, 6) is -1.78. The molecule has 2 rings (SSSR count). The lowest BCUT2D eigenvalue weighted by Crippen LogP contribution is -2.19. The molecule has 0 atom stereocenters. The molecule has 1 aromatic heterocycles. The van der Waals surface area contributed by atoms with E-state index in [-0.39, 0.29) is 16.7 Å². The Morgan fingerprint density at radius 3 is 2.55 bits per heavy atom. The molecular weight excluding hydrogens is 303 g/mol. The monoisotopic (exact) mass is 313 g/mol. The molecule has 2 aromatic rings. The van der Waals surface area contributed by atoms with Gasteiger partial charge in [-0.1, -0.05) is 18.2 Å². The highest BCUT2D eigenvalue weighted by Crippen LogP contribution is 2.33. The Hall–Kier alpha value is -2.77. The molecule has 8 heteroatoms. The number of aromatic amines is 1. The summed E-state index contributed by atoms with van der Waals surface area (Å²) < 4.78 is 41.2. The fourth-order valence-electron chi connectivity index (χ4n) is 2.01. The second-order valence-electron chi connectivity index (χ2n) is 4.32. The van der Waals surface area contributed by atoms with Crippen molar-refractivity contribution in [2.45, 2.75) is 12.8 Å². The zero-order valence-corrected chi connectivity index (χ0v) is 11.0. The topological polar surface area (TPSA) is 79.4 Å². The van der Waals surface area contributed by atoms with Crippen molar-refractivity contribution >= 4 is 5.97 Å². The normalized spacial score (nSPS) is 11.2. The van der Waals surface area contributed by atoms with E-state index in [4.69, 9.17) is 5.11 Å². The number of nitrogens with one attached hydrogen (secondary N) is 1. The van der Waals surface area contributed by atoms with Crippen LogP contribution in [0.2, 0.25) is 0 Å². The van der Waals surface area contributed by atoms with Crippen LogP contribution in [-0.4, -0.2) is 22.4 Å². The SMILES string of the molecule is O=C(O)Cc1cc[nH]c(=O)c1-c1ccccc1OC(F)(F)F. The Morgan fingerprint density at radius 1 is 1.23 bits per heavy atom. The van der Waals surface area contributed by atoms with Crippen LogP contribution in [0.5, 0.6) is 5.75 Å². The number of H-pyrrole nitrogens is 1. The molecule has 0 saturated carbocycles. The highest BCUT2D eigenvalue weighted by atomic mass is 19.4. The van der Waals surface area contributed by atoms with Crippen LogP contribution in [-0.2, 0) is 11.2 Å². The number of pyridine rings is 1. The summed E-state index contributed by atoms with van der Waals surface area (Å²) in [4.78, 5) is 25.1. The van der Waals surface area contributed by atoms with E-state index in [1.807, 2.05) is 0 Å². The van der Waals surface area contributed by atoms with Gasteiger partial charge in [0.25, 0.3) is 5.56 Å². The molecular formula is C14H10F3NO4. The maximum absolute atomic E-state index is 12.4. The highest BCUT2D eigenvalue weighted by Gasteiger charge is 2.32. The van der Waals surface area contributed by atoms with E-state index in [1.165, 1.54) is 30.5 Å². The third-order valence-corrected chi connectivity index (χ3v) is 2.77. The second kappa shape index (κ2) is 5.92. The molecule has 0 amide bonds. The third kappa shape index (κ3) is 3.66. The molecule has 0 aliphatic rings. The van der Waals surface area contributed by atoms with Gasteiger partial charge in [0.15, 0.2) is 0 Å². The summed E-state index contributed by atoms with van der Waals surface area (Å²) in [6.07, 6.45) is -4.19. The summed E-state index contributed by atoms with van der Waals surface area (Å²) in [5, 5.41) is 8.86. The largest absolute Gasteiger partial charge is 0.573 e. The van der Waals surface area contributed by atoms with Crippen molar-refractivity contribution in [2.75, 3.05) is 0 Å². The van der Waals surface area contributed by atoms with Crippen LogP contribution in [0.3, 0.4) is 0 Å². The number of para-hydroxylation sites is 1. The molecule has 2 N–H and O–H groups in total. The first-order valence-electron chi connectivity index (χ1n) is 6.05. The van der Waals surface area contributed by atoms with Crippen molar-refractivity contribution in [1.29, 1.82) is 0 Å². The fraction of sp³-hybridized carbons (Fsp3) is 0.143. The number of carboxylic acid groups (broad SMARTS) is 1. The zero-order chi connectivity index (χ0) is 16.3. The van der Waals surface area contributed by atoms with E-state index in [2.05, 4.69) is 9.72 Å². The van der Waals surface area contributed by atoms with Crippen LogP contribution >= 0.6 is 0 Å². The number of ether oxygens (including phenoxy) is 1. The van der Waals surface area contributed by atoms with E-state index in [0.717, 1.165) is 6.07 Å². The van der Waals surface area contributed by atoms with Crippen LogP contribution in [0.1, 0.15) is 5.56 Å². The molecule has 0 aliphatic carbocycles. The van der Waals surface area contributed by atoms with Crippen molar-refractivity contribution < 1.29 is 27.8 Å². The van der Waals surface area contributed by atoms with E-state index < -0.39 is 30.1 Å². The summed E-state index contributed by atoms with van der Waals surface area (Å²) in [7, 11) is 0. The number of aliphatic carboxylic acids is 1. The predicted molar refractivity (Wildman–Crippen MR) is 70.5 cm³/mol. The third-order valence-electron chi connectivity index (χ3n) is 2.77. The molecule has 0 spiro atoms. The first kappa shape index (κ1) is 15.6. The maximum atomic E-state index is 12.4. The first-order valence-corrected chi connectivity index (χ1v) is 6.05. The van der Waals surface area contributed by atoms with Crippen molar-refractivity contribution in [3.63, 3.8) is 0 Å². The number of benzene rings is 1. The summed E-state index contributed by atoms with van der Waals surface area (Å²) in [5.41, 5.74) is -0.894. The summed E-state index contributed by atoms with van der Waals surface area (Å²) in [6.45, 7) is 0. The lowest BCUT2D eigenvalue weighted by atomic mass is 9.99. The van der Waals surface area contributed by atoms with Gasteiger partial charge in [0.2, 0.25) is 0 Å². The van der Waals surface area contributed by atoms with Crippen molar-refractivity contribution in [3.8, 4) is 16.9 Å². The van der Waals surface area contributed by atoms with Crippen LogP contribution < -0.4 is 10.3 Å². The number of carbonyl (C=O) groups is 1. The molecule has 0 bridgehead atoms. The number of hydrogen-bond acceptors (Lipinski definition) is 3. The highest BCUT2D eigenvalue weighted by molar-refractivity contribution is 5.78. The molecule has 0 saturated heterocycles. The minimum absolute atomic E-state index is 0.0921. The molecule has 0 radical (unpaired) electrons. The fourth-order valence-corrected chi connectivity index (χ4v) is 2.01. The Morgan fingerprint density at radius 2 is 1.91 bits per heavy atom. The number of halogens is 3. The first-order chi connectivity index (χ1) is 10.3. The van der Waals surface area contributed by atoms with Gasteiger partial charge in [0.05, 0.1) is 12.0 Å². The molecule has 0 unspecified atom stereocenters. The van der Waals surface area contributed by atoms with Crippen molar-refractivity contribution in [3.05, 3.63) is 52.4 Å². The van der Waals surface area contributed by atoms with Gasteiger partial charge >= 0.3 is 12.3 Å². The Balaban J connectivity index is 2.62. The molecule has 116 valence electrons. The second-order valence-corrected chi connectivity index (χ2v) is 4.32. The van der Waals surface area contributed by atoms with E-state index in [0.29, 0.717) is 0 Å². The Labute approximate surface area is 122 Å². The number of alkyl halides is 3.